The van der Waals surface area contributed by atoms with E-state index in [-0.39, 0.29) is 17.7 Å². The summed E-state index contributed by atoms with van der Waals surface area (Å²) in [5.41, 5.74) is -0.323. The summed E-state index contributed by atoms with van der Waals surface area (Å²) in [5, 5.41) is 19.3. The van der Waals surface area contributed by atoms with Crippen molar-refractivity contribution in [2.45, 2.75) is 26.7 Å². The van der Waals surface area contributed by atoms with Crippen molar-refractivity contribution in [2.24, 2.45) is 5.41 Å². The Morgan fingerprint density at radius 2 is 1.86 bits per heavy atom. The summed E-state index contributed by atoms with van der Waals surface area (Å²) < 4.78 is 14.2. The van der Waals surface area contributed by atoms with E-state index in [4.69, 9.17) is 5.11 Å². The summed E-state index contributed by atoms with van der Waals surface area (Å²) in [5.74, 6) is -2.34. The van der Waals surface area contributed by atoms with E-state index in [9.17, 15) is 18.8 Å². The van der Waals surface area contributed by atoms with Gasteiger partial charge in [0.1, 0.15) is 5.82 Å². The number of halogens is 1. The van der Waals surface area contributed by atoms with Crippen molar-refractivity contribution in [3.05, 3.63) is 69.9 Å². The number of nitrogens with one attached hydrogen (secondary N) is 2. The highest BCUT2D eigenvalue weighted by Gasteiger charge is 2.30. The molecule has 29 heavy (non-hydrogen) atoms. The number of amides is 1. The second kappa shape index (κ2) is 7.83. The second-order valence-electron chi connectivity index (χ2n) is 7.45. The zero-order chi connectivity index (χ0) is 21.2. The van der Waals surface area contributed by atoms with Crippen LogP contribution in [0, 0.1) is 11.2 Å². The summed E-state index contributed by atoms with van der Waals surface area (Å²) in [6, 6.07) is 11.3. The molecule has 0 unspecified atom stereocenters. The first-order valence-corrected chi connectivity index (χ1v) is 8.95. The zero-order valence-electron chi connectivity index (χ0n) is 16.0. The number of H-pyrrole nitrogens is 1. The number of hydrogen-bond donors (Lipinski definition) is 3. The molecule has 0 saturated carbocycles. The average Bonchev–Trinajstić information content (AvgIpc) is 2.66. The molecule has 150 valence electrons. The largest absolute Gasteiger partial charge is 0.481 e. The van der Waals surface area contributed by atoms with Crippen LogP contribution < -0.4 is 10.9 Å². The molecular formula is C21H20FN3O4. The van der Waals surface area contributed by atoms with Crippen LogP contribution in [-0.2, 0) is 16.0 Å². The fourth-order valence-electron chi connectivity index (χ4n) is 2.95. The molecule has 1 heterocycles. The Morgan fingerprint density at radius 1 is 1.17 bits per heavy atom. The molecule has 0 spiro atoms. The summed E-state index contributed by atoms with van der Waals surface area (Å²) in [6.45, 7) is 2.85. The molecule has 3 aromatic rings. The van der Waals surface area contributed by atoms with Crippen LogP contribution in [0.15, 0.2) is 47.3 Å². The molecule has 1 aromatic heterocycles. The number of fused-ring (bicyclic) bond motifs is 1. The number of rotatable bonds is 6. The Labute approximate surface area is 165 Å². The van der Waals surface area contributed by atoms with E-state index < -0.39 is 23.1 Å². The zero-order valence-corrected chi connectivity index (χ0v) is 16.0. The Hall–Kier alpha value is -3.55. The van der Waals surface area contributed by atoms with E-state index in [2.05, 4.69) is 15.5 Å². The molecule has 3 rings (SSSR count). The summed E-state index contributed by atoms with van der Waals surface area (Å²) >= 11 is 0. The first-order valence-electron chi connectivity index (χ1n) is 8.95. The number of hydrogen-bond acceptors (Lipinski definition) is 4. The molecule has 0 bridgehead atoms. The van der Waals surface area contributed by atoms with Crippen LogP contribution in [0.2, 0.25) is 0 Å². The summed E-state index contributed by atoms with van der Waals surface area (Å²) in [7, 11) is 0. The molecule has 0 aliphatic rings. The van der Waals surface area contributed by atoms with Gasteiger partial charge < -0.3 is 10.4 Å². The lowest BCUT2D eigenvalue weighted by Crippen LogP contribution is -2.29. The first-order chi connectivity index (χ1) is 13.7. The van der Waals surface area contributed by atoms with E-state index in [1.54, 1.807) is 30.3 Å². The number of anilines is 1. The van der Waals surface area contributed by atoms with Crippen molar-refractivity contribution < 1.29 is 19.1 Å². The number of carboxylic acids is 1. The smallest absolute Gasteiger partial charge is 0.309 e. The van der Waals surface area contributed by atoms with Gasteiger partial charge in [-0.25, -0.2) is 9.49 Å². The van der Waals surface area contributed by atoms with Crippen LogP contribution in [0.1, 0.15) is 31.5 Å². The molecule has 0 atom stereocenters. The van der Waals surface area contributed by atoms with E-state index in [0.29, 0.717) is 28.5 Å². The first kappa shape index (κ1) is 20.2. The van der Waals surface area contributed by atoms with Crippen LogP contribution in [0.3, 0.4) is 0 Å². The summed E-state index contributed by atoms with van der Waals surface area (Å²) in [6.07, 6.45) is 0.0131. The number of aliphatic carboxylic acids is 1. The fraction of sp³-hybridized carbons (Fsp3) is 0.238. The van der Waals surface area contributed by atoms with Crippen molar-refractivity contribution in [3.8, 4) is 0 Å². The highest BCUT2D eigenvalue weighted by Crippen LogP contribution is 2.24. The van der Waals surface area contributed by atoms with Crippen molar-refractivity contribution in [3.63, 3.8) is 0 Å². The van der Waals surface area contributed by atoms with Gasteiger partial charge in [0, 0.05) is 18.2 Å². The van der Waals surface area contributed by atoms with E-state index in [1.165, 1.54) is 26.0 Å². The van der Waals surface area contributed by atoms with Gasteiger partial charge in [0.25, 0.3) is 5.56 Å². The van der Waals surface area contributed by atoms with Crippen LogP contribution in [0.5, 0.6) is 0 Å². The van der Waals surface area contributed by atoms with Crippen LogP contribution in [-0.4, -0.2) is 27.2 Å². The molecule has 8 heteroatoms. The number of nitrogens with zero attached hydrogens (tertiary/aromatic N) is 1. The molecule has 2 aromatic carbocycles. The van der Waals surface area contributed by atoms with Gasteiger partial charge in [0.05, 0.1) is 22.2 Å². The topological polar surface area (TPSA) is 112 Å². The molecule has 1 amide bonds. The van der Waals surface area contributed by atoms with Crippen molar-refractivity contribution in [1.29, 1.82) is 0 Å². The van der Waals surface area contributed by atoms with Gasteiger partial charge >= 0.3 is 5.97 Å². The normalized spacial score (nSPS) is 11.4. The van der Waals surface area contributed by atoms with Crippen molar-refractivity contribution in [1.82, 2.24) is 10.2 Å². The standard InChI is InChI=1S/C21H20FN3O4/c1-21(2,20(28)29)11-18(26)23-17-10-12(7-8-15(17)22)9-16-13-5-3-4-6-14(13)19(27)25-24-16/h3-8,10H,9,11H2,1-2H3,(H,23,26)(H,25,27)(H,28,29). The third kappa shape index (κ3) is 4.48. The lowest BCUT2D eigenvalue weighted by atomic mass is 9.89. The minimum absolute atomic E-state index is 0.0394. The predicted molar refractivity (Wildman–Crippen MR) is 106 cm³/mol. The molecule has 0 radical (unpaired) electrons. The number of carbonyl (C=O) groups excluding carboxylic acids is 1. The number of benzene rings is 2. The SMILES string of the molecule is CC(C)(CC(=O)Nc1cc(Cc2n[nH]c(=O)c3ccccc23)ccc1F)C(=O)O. The maximum Gasteiger partial charge on any atom is 0.309 e. The van der Waals surface area contributed by atoms with Crippen LogP contribution in [0.4, 0.5) is 10.1 Å². The van der Waals surface area contributed by atoms with Gasteiger partial charge in [0.2, 0.25) is 5.91 Å². The second-order valence-corrected chi connectivity index (χ2v) is 7.45. The van der Waals surface area contributed by atoms with Crippen LogP contribution in [0.25, 0.3) is 10.8 Å². The fourth-order valence-corrected chi connectivity index (χ4v) is 2.95. The Bertz CT molecular complexity index is 1150. The average molecular weight is 397 g/mol. The van der Waals surface area contributed by atoms with E-state index >= 15 is 0 Å². The molecule has 0 saturated heterocycles. The Morgan fingerprint density at radius 3 is 2.55 bits per heavy atom. The maximum absolute atomic E-state index is 14.2. The molecule has 3 N–H and O–H groups in total. The minimum atomic E-state index is -1.27. The Kier molecular flexibility index (Phi) is 5.45. The monoisotopic (exact) mass is 397 g/mol. The van der Waals surface area contributed by atoms with E-state index in [0.717, 1.165) is 0 Å². The number of carbonyl (C=O) groups is 2. The highest BCUT2D eigenvalue weighted by molar-refractivity contribution is 5.94. The number of aromatic amines is 1. The molecule has 0 fully saturated rings. The Balaban J connectivity index is 1.85. The molecular weight excluding hydrogens is 377 g/mol. The maximum atomic E-state index is 14.2. The van der Waals surface area contributed by atoms with Gasteiger partial charge in [-0.2, -0.15) is 5.10 Å². The van der Waals surface area contributed by atoms with Crippen molar-refractivity contribution in [2.75, 3.05) is 5.32 Å². The number of carboxylic acid groups (broad SMARTS) is 1. The van der Waals surface area contributed by atoms with E-state index in [1.807, 2.05) is 0 Å². The number of aromatic nitrogens is 2. The predicted octanol–water partition coefficient (Wildman–Crippen LogP) is 3.09. The third-order valence-electron chi connectivity index (χ3n) is 4.63. The lowest BCUT2D eigenvalue weighted by molar-refractivity contribution is -0.148. The van der Waals surface area contributed by atoms with Crippen LogP contribution >= 0.6 is 0 Å². The van der Waals surface area contributed by atoms with Gasteiger partial charge in [-0.15, -0.1) is 0 Å². The minimum Gasteiger partial charge on any atom is -0.481 e. The summed E-state index contributed by atoms with van der Waals surface area (Å²) in [4.78, 5) is 35.3. The molecule has 0 aliphatic heterocycles. The quantitative estimate of drug-likeness (QED) is 0.592. The van der Waals surface area contributed by atoms with Crippen molar-refractivity contribution >= 4 is 28.3 Å². The molecule has 0 aliphatic carbocycles. The highest BCUT2D eigenvalue weighted by atomic mass is 19.1. The van der Waals surface area contributed by atoms with Gasteiger partial charge in [0.15, 0.2) is 0 Å². The third-order valence-corrected chi connectivity index (χ3v) is 4.63. The molecule has 7 nitrogen and oxygen atoms in total. The van der Waals surface area contributed by atoms with Gasteiger partial charge in [-0.05, 0) is 37.6 Å². The van der Waals surface area contributed by atoms with Gasteiger partial charge in [-0.3, -0.25) is 14.4 Å². The lowest BCUT2D eigenvalue weighted by Gasteiger charge is -2.18. The van der Waals surface area contributed by atoms with Gasteiger partial charge in [-0.1, -0.05) is 24.3 Å².